The fourth-order valence-corrected chi connectivity index (χ4v) is 3.46. The largest absolute Gasteiger partial charge is 0.478 e. The SMILES string of the molecule is CC(C)OC(=O)C1=CCC(C)(C)c2ccc(C=Cc3ccc(C(=O)O)cc3)cc21. The van der Waals surface area contributed by atoms with Crippen LogP contribution < -0.4 is 0 Å². The van der Waals surface area contributed by atoms with E-state index < -0.39 is 5.97 Å². The summed E-state index contributed by atoms with van der Waals surface area (Å²) in [6.45, 7) is 8.04. The van der Waals surface area contributed by atoms with Gasteiger partial charge in [-0.3, -0.25) is 0 Å². The molecule has 0 bridgehead atoms. The third-order valence-electron chi connectivity index (χ3n) is 5.07. The van der Waals surface area contributed by atoms with Crippen LogP contribution >= 0.6 is 0 Å². The molecule has 0 aliphatic heterocycles. The summed E-state index contributed by atoms with van der Waals surface area (Å²) in [5.41, 5.74) is 4.75. The van der Waals surface area contributed by atoms with Gasteiger partial charge in [0.2, 0.25) is 0 Å². The van der Waals surface area contributed by atoms with Gasteiger partial charge in [0.25, 0.3) is 0 Å². The van der Waals surface area contributed by atoms with Gasteiger partial charge in [0.05, 0.1) is 17.2 Å². The molecule has 4 nitrogen and oxygen atoms in total. The second-order valence-electron chi connectivity index (χ2n) is 8.23. The molecule has 0 saturated heterocycles. The zero-order valence-corrected chi connectivity index (χ0v) is 17.2. The first-order valence-electron chi connectivity index (χ1n) is 9.75. The first-order valence-corrected chi connectivity index (χ1v) is 9.75. The van der Waals surface area contributed by atoms with Gasteiger partial charge in [-0.1, -0.05) is 56.3 Å². The molecule has 0 saturated carbocycles. The number of esters is 1. The number of allylic oxidation sites excluding steroid dienone is 1. The summed E-state index contributed by atoms with van der Waals surface area (Å²) in [5.74, 6) is -1.23. The number of aromatic carboxylic acids is 1. The number of rotatable bonds is 5. The summed E-state index contributed by atoms with van der Waals surface area (Å²) in [5, 5.41) is 9.00. The topological polar surface area (TPSA) is 63.6 Å². The quantitative estimate of drug-likeness (QED) is 0.535. The van der Waals surface area contributed by atoms with Crippen molar-refractivity contribution in [3.05, 3.63) is 76.4 Å². The van der Waals surface area contributed by atoms with Crippen molar-refractivity contribution in [3.8, 4) is 0 Å². The lowest BCUT2D eigenvalue weighted by Gasteiger charge is -2.31. The summed E-state index contributed by atoms with van der Waals surface area (Å²) in [6, 6.07) is 12.9. The Balaban J connectivity index is 1.92. The number of hydrogen-bond donors (Lipinski definition) is 1. The van der Waals surface area contributed by atoms with Gasteiger partial charge in [-0.2, -0.15) is 0 Å². The van der Waals surface area contributed by atoms with E-state index in [-0.39, 0.29) is 23.1 Å². The Morgan fingerprint density at radius 1 is 1.03 bits per heavy atom. The highest BCUT2D eigenvalue weighted by Gasteiger charge is 2.31. The van der Waals surface area contributed by atoms with E-state index in [2.05, 4.69) is 19.9 Å². The molecular formula is C25H26O4. The third kappa shape index (κ3) is 4.65. The normalized spacial score (nSPS) is 15.1. The van der Waals surface area contributed by atoms with Crippen molar-refractivity contribution in [2.75, 3.05) is 0 Å². The highest BCUT2D eigenvalue weighted by atomic mass is 16.5. The lowest BCUT2D eigenvalue weighted by molar-refractivity contribution is -0.140. The summed E-state index contributed by atoms with van der Waals surface area (Å²) in [6.07, 6.45) is 6.48. The zero-order chi connectivity index (χ0) is 21.2. The third-order valence-corrected chi connectivity index (χ3v) is 5.07. The van der Waals surface area contributed by atoms with Gasteiger partial charge >= 0.3 is 11.9 Å². The van der Waals surface area contributed by atoms with E-state index in [9.17, 15) is 9.59 Å². The summed E-state index contributed by atoms with van der Waals surface area (Å²) in [4.78, 5) is 23.6. The fourth-order valence-electron chi connectivity index (χ4n) is 3.46. The first-order chi connectivity index (χ1) is 13.7. The van der Waals surface area contributed by atoms with Crippen molar-refractivity contribution in [3.63, 3.8) is 0 Å². The number of carboxylic acid groups (broad SMARTS) is 1. The number of benzene rings is 2. The minimum absolute atomic E-state index is 0.0498. The Bertz CT molecular complexity index is 992. The molecule has 1 N–H and O–H groups in total. The molecule has 0 aromatic heterocycles. The molecular weight excluding hydrogens is 364 g/mol. The number of fused-ring (bicyclic) bond motifs is 1. The van der Waals surface area contributed by atoms with E-state index in [1.54, 1.807) is 24.3 Å². The summed E-state index contributed by atoms with van der Waals surface area (Å²) >= 11 is 0. The smallest absolute Gasteiger partial charge is 0.338 e. The Labute approximate surface area is 171 Å². The van der Waals surface area contributed by atoms with Gasteiger partial charge < -0.3 is 9.84 Å². The molecule has 150 valence electrons. The van der Waals surface area contributed by atoms with Crippen molar-refractivity contribution < 1.29 is 19.4 Å². The molecule has 1 aliphatic carbocycles. The average molecular weight is 390 g/mol. The van der Waals surface area contributed by atoms with Crippen molar-refractivity contribution in [1.82, 2.24) is 0 Å². The monoisotopic (exact) mass is 390 g/mol. The van der Waals surface area contributed by atoms with Crippen LogP contribution in [0.15, 0.2) is 48.5 Å². The van der Waals surface area contributed by atoms with Gasteiger partial charge in [0, 0.05) is 0 Å². The first kappa shape index (κ1) is 20.6. The van der Waals surface area contributed by atoms with Crippen LogP contribution in [0.2, 0.25) is 0 Å². The Kier molecular flexibility index (Phi) is 5.73. The van der Waals surface area contributed by atoms with Crippen molar-refractivity contribution in [2.24, 2.45) is 0 Å². The predicted octanol–water partition coefficient (Wildman–Crippen LogP) is 5.57. The molecule has 1 aliphatic rings. The van der Waals surface area contributed by atoms with Crippen LogP contribution in [0.4, 0.5) is 0 Å². The summed E-state index contributed by atoms with van der Waals surface area (Å²) < 4.78 is 5.44. The lowest BCUT2D eigenvalue weighted by atomic mass is 9.73. The molecule has 3 rings (SSSR count). The highest BCUT2D eigenvalue weighted by molar-refractivity contribution is 6.17. The molecule has 0 fully saturated rings. The second kappa shape index (κ2) is 8.08. The Hall–Kier alpha value is -3.14. The fraction of sp³-hybridized carbons (Fsp3) is 0.280. The van der Waals surface area contributed by atoms with Gasteiger partial charge in [-0.25, -0.2) is 9.59 Å². The predicted molar refractivity (Wildman–Crippen MR) is 116 cm³/mol. The van der Waals surface area contributed by atoms with Crippen molar-refractivity contribution >= 4 is 29.7 Å². The molecule has 4 heteroatoms. The molecule has 2 aromatic carbocycles. The Morgan fingerprint density at radius 2 is 1.66 bits per heavy atom. The molecule has 29 heavy (non-hydrogen) atoms. The van der Waals surface area contributed by atoms with Gasteiger partial charge in [0.15, 0.2) is 0 Å². The van der Waals surface area contributed by atoms with Crippen molar-refractivity contribution in [2.45, 2.75) is 45.6 Å². The maximum atomic E-state index is 12.6. The van der Waals surface area contributed by atoms with Gasteiger partial charge in [-0.05, 0) is 66.1 Å². The standard InChI is InChI=1S/C25H26O4/c1-16(2)29-24(28)20-13-14-25(3,4)22-12-9-18(15-21(20)22)6-5-17-7-10-19(11-8-17)23(26)27/h5-13,15-16H,14H2,1-4H3,(H,26,27). The van der Waals surface area contributed by atoms with Crippen LogP contribution in [-0.2, 0) is 14.9 Å². The summed E-state index contributed by atoms with van der Waals surface area (Å²) in [7, 11) is 0. The maximum Gasteiger partial charge on any atom is 0.338 e. The van der Waals surface area contributed by atoms with Crippen LogP contribution in [0.25, 0.3) is 17.7 Å². The van der Waals surface area contributed by atoms with E-state index in [0.717, 1.165) is 28.7 Å². The zero-order valence-electron chi connectivity index (χ0n) is 17.2. The average Bonchev–Trinajstić information content (AvgIpc) is 2.66. The van der Waals surface area contributed by atoms with E-state index >= 15 is 0 Å². The molecule has 0 radical (unpaired) electrons. The van der Waals surface area contributed by atoms with Crippen LogP contribution in [0.1, 0.15) is 66.7 Å². The minimum atomic E-state index is -0.939. The molecule has 0 amide bonds. The van der Waals surface area contributed by atoms with Crippen molar-refractivity contribution in [1.29, 1.82) is 0 Å². The number of carboxylic acids is 1. The second-order valence-corrected chi connectivity index (χ2v) is 8.23. The molecule has 0 atom stereocenters. The molecule has 0 heterocycles. The van der Waals surface area contributed by atoms with E-state index in [1.165, 1.54) is 0 Å². The highest BCUT2D eigenvalue weighted by Crippen LogP contribution is 2.40. The van der Waals surface area contributed by atoms with Crippen LogP contribution in [0, 0.1) is 0 Å². The van der Waals surface area contributed by atoms with Crippen LogP contribution in [-0.4, -0.2) is 23.1 Å². The van der Waals surface area contributed by atoms with E-state index in [1.807, 2.05) is 44.2 Å². The van der Waals surface area contributed by atoms with Gasteiger partial charge in [-0.15, -0.1) is 0 Å². The number of carbonyl (C=O) groups is 2. The van der Waals surface area contributed by atoms with Gasteiger partial charge in [0.1, 0.15) is 0 Å². The van der Waals surface area contributed by atoms with Crippen LogP contribution in [0.3, 0.4) is 0 Å². The lowest BCUT2D eigenvalue weighted by Crippen LogP contribution is -2.25. The maximum absolute atomic E-state index is 12.6. The molecule has 0 spiro atoms. The van der Waals surface area contributed by atoms with E-state index in [4.69, 9.17) is 9.84 Å². The molecule has 2 aromatic rings. The molecule has 0 unspecified atom stereocenters. The number of ether oxygens (including phenoxy) is 1. The van der Waals surface area contributed by atoms with E-state index in [0.29, 0.717) is 5.57 Å². The van der Waals surface area contributed by atoms with Crippen LogP contribution in [0.5, 0.6) is 0 Å². The number of carbonyl (C=O) groups excluding carboxylic acids is 1. The Morgan fingerprint density at radius 3 is 2.28 bits per heavy atom. The minimum Gasteiger partial charge on any atom is -0.478 e. The number of hydrogen-bond acceptors (Lipinski definition) is 3.